The second kappa shape index (κ2) is 15.2. The molecule has 226 valence electrons. The van der Waals surface area contributed by atoms with Gasteiger partial charge in [-0.3, -0.25) is 0 Å². The van der Waals surface area contributed by atoms with Gasteiger partial charge in [-0.2, -0.15) is 35.5 Å². The molecular formula is C40H44Cl2SiZr. The van der Waals surface area contributed by atoms with E-state index in [2.05, 4.69) is 140 Å². The summed E-state index contributed by atoms with van der Waals surface area (Å²) in [5.74, 6) is 0. The van der Waals surface area contributed by atoms with E-state index in [0.717, 1.165) is 22.4 Å². The smallest absolute Gasteiger partial charge is 0.0920 e. The first-order valence-corrected chi connectivity index (χ1v) is 22.9. The molecule has 0 bridgehead atoms. The summed E-state index contributed by atoms with van der Waals surface area (Å²) >= 11 is -0.826. The van der Waals surface area contributed by atoms with Gasteiger partial charge in [0.15, 0.2) is 0 Å². The standard InChI is InChI=1S/C28H37.C12H7Si.2ClH.Zr/c1-9-11-19-14-21-13-12-20(10-2)26(25(21)15-19)22-16-23(27(3,4)5)18-24(17-22)28(6,7)8;1-3-7-11-9(5-1)10-6-2-4-8-12(10)13-11;;;/h12-18H,9-11H2,1-8H3;1-7H;2*1H;/q2*-1;;;+4/p-2. The zero-order valence-electron chi connectivity index (χ0n) is 27.5. The molecule has 0 nitrogen and oxygen atoms in total. The van der Waals surface area contributed by atoms with Crippen molar-refractivity contribution in [3.63, 3.8) is 0 Å². The predicted octanol–water partition coefficient (Wildman–Crippen LogP) is 10.8. The molecule has 1 aliphatic rings. The second-order valence-electron chi connectivity index (χ2n) is 13.6. The molecule has 1 aliphatic heterocycles. The van der Waals surface area contributed by atoms with Crippen molar-refractivity contribution in [2.45, 2.75) is 85.5 Å². The first-order chi connectivity index (χ1) is 20.9. The average Bonchev–Trinajstić information content (AvgIpc) is 3.57. The van der Waals surface area contributed by atoms with Crippen molar-refractivity contribution in [2.24, 2.45) is 0 Å². The molecule has 5 aromatic carbocycles. The van der Waals surface area contributed by atoms with Crippen LogP contribution in [0.4, 0.5) is 0 Å². The number of hydrogen-bond acceptors (Lipinski definition) is 0. The van der Waals surface area contributed by atoms with Crippen LogP contribution in [0.15, 0.2) is 84.9 Å². The molecular weight excluding hydrogens is 671 g/mol. The van der Waals surface area contributed by atoms with Crippen molar-refractivity contribution in [3.8, 4) is 22.3 Å². The van der Waals surface area contributed by atoms with Gasteiger partial charge in [0, 0.05) is 0 Å². The number of rotatable bonds is 4. The number of halogens is 2. The Morgan fingerprint density at radius 3 is 2.05 bits per heavy atom. The molecule has 0 saturated carbocycles. The Balaban J connectivity index is 0.000000226. The van der Waals surface area contributed by atoms with Crippen LogP contribution in [0.25, 0.3) is 33.0 Å². The van der Waals surface area contributed by atoms with E-state index < -0.39 is 20.8 Å². The molecule has 0 aliphatic carbocycles. The van der Waals surface area contributed by atoms with Gasteiger partial charge in [-0.25, -0.2) is 0 Å². The molecule has 0 fully saturated rings. The molecule has 0 spiro atoms. The van der Waals surface area contributed by atoms with Crippen LogP contribution in [0.1, 0.15) is 84.1 Å². The molecule has 0 unspecified atom stereocenters. The normalized spacial score (nSPS) is 12.0. The molecule has 2 radical (unpaired) electrons. The molecule has 0 atom stereocenters. The largest absolute Gasteiger partial charge is 0.184 e. The molecule has 1 heterocycles. The SMILES string of the molecule is CCCc1cc2c(-c3cc(C(C)(C)C)cc(C(C)(C)C)c3)c(CC)ccc2[cH-]1.[Cl][Zr+2][Cl].[c-]1cccc2c1[Si]c1ccccc1-2. The van der Waals surface area contributed by atoms with Gasteiger partial charge in [-0.05, 0) is 40.4 Å². The Kier molecular flexibility index (Phi) is 12.1. The summed E-state index contributed by atoms with van der Waals surface area (Å²) in [6.45, 7) is 18.5. The Bertz CT molecular complexity index is 1630. The van der Waals surface area contributed by atoms with E-state index in [1.54, 1.807) is 0 Å². The van der Waals surface area contributed by atoms with Crippen LogP contribution in [-0.2, 0) is 44.5 Å². The molecule has 6 rings (SSSR count). The van der Waals surface area contributed by atoms with Gasteiger partial charge < -0.3 is 0 Å². The van der Waals surface area contributed by atoms with Crippen LogP contribution < -0.4 is 10.4 Å². The van der Waals surface area contributed by atoms with Crippen molar-refractivity contribution in [3.05, 3.63) is 113 Å². The maximum atomic E-state index is 4.93. The van der Waals surface area contributed by atoms with Crippen LogP contribution in [0.5, 0.6) is 0 Å². The zero-order chi connectivity index (χ0) is 32.1. The van der Waals surface area contributed by atoms with Crippen molar-refractivity contribution in [1.29, 1.82) is 0 Å². The number of fused-ring (bicyclic) bond motifs is 4. The van der Waals surface area contributed by atoms with Gasteiger partial charge in [0.25, 0.3) is 0 Å². The molecule has 0 aromatic heterocycles. The minimum absolute atomic E-state index is 0.135. The van der Waals surface area contributed by atoms with E-state index in [0.29, 0.717) is 0 Å². The minimum atomic E-state index is -0.826. The van der Waals surface area contributed by atoms with Crippen LogP contribution in [0.3, 0.4) is 0 Å². The van der Waals surface area contributed by atoms with Gasteiger partial charge in [-0.1, -0.05) is 126 Å². The van der Waals surface area contributed by atoms with Gasteiger partial charge in [0.05, 0.1) is 9.52 Å². The third kappa shape index (κ3) is 8.30. The minimum Gasteiger partial charge on any atom is -0.184 e. The van der Waals surface area contributed by atoms with Crippen molar-refractivity contribution in [1.82, 2.24) is 0 Å². The van der Waals surface area contributed by atoms with Crippen molar-refractivity contribution >= 4 is 47.7 Å². The third-order valence-corrected chi connectivity index (χ3v) is 9.61. The van der Waals surface area contributed by atoms with Gasteiger partial charge in [0.1, 0.15) is 0 Å². The van der Waals surface area contributed by atoms with E-state index in [-0.39, 0.29) is 10.8 Å². The third-order valence-electron chi connectivity index (χ3n) is 8.24. The van der Waals surface area contributed by atoms with E-state index in [1.165, 1.54) is 72.1 Å². The summed E-state index contributed by atoms with van der Waals surface area (Å²) in [5.41, 5.74) is 11.6. The second-order valence-corrected chi connectivity index (χ2v) is 18.6. The van der Waals surface area contributed by atoms with Crippen LogP contribution in [0.2, 0.25) is 0 Å². The Morgan fingerprint density at radius 2 is 1.43 bits per heavy atom. The maximum absolute atomic E-state index is 4.93. The monoisotopic (exact) mass is 712 g/mol. The van der Waals surface area contributed by atoms with E-state index in [9.17, 15) is 0 Å². The fraction of sp³-hybridized carbons (Fsp3) is 0.325. The maximum Gasteiger partial charge on any atom is 0.0920 e. The summed E-state index contributed by atoms with van der Waals surface area (Å²) in [7, 11) is 10.7. The summed E-state index contributed by atoms with van der Waals surface area (Å²) < 4.78 is 0. The fourth-order valence-electron chi connectivity index (χ4n) is 5.82. The van der Waals surface area contributed by atoms with Crippen LogP contribution in [-0.4, -0.2) is 9.52 Å². The van der Waals surface area contributed by atoms with Crippen LogP contribution >= 0.6 is 17.0 Å². The topological polar surface area (TPSA) is 0 Å². The first-order valence-electron chi connectivity index (χ1n) is 15.6. The number of benzene rings is 4. The summed E-state index contributed by atoms with van der Waals surface area (Å²) in [6.07, 6.45) is 3.41. The Labute approximate surface area is 287 Å². The van der Waals surface area contributed by atoms with E-state index >= 15 is 0 Å². The number of hydrogen-bond donors (Lipinski definition) is 0. The van der Waals surface area contributed by atoms with Crippen molar-refractivity contribution < 1.29 is 20.8 Å². The van der Waals surface area contributed by atoms with Gasteiger partial charge in [-0.15, -0.1) is 40.1 Å². The Hall–Kier alpha value is -1.83. The van der Waals surface area contributed by atoms with Gasteiger partial charge >= 0.3 is 37.9 Å². The predicted molar refractivity (Wildman–Crippen MR) is 193 cm³/mol. The molecule has 4 heteroatoms. The summed E-state index contributed by atoms with van der Waals surface area (Å²) in [6, 6.07) is 35.0. The molecule has 44 heavy (non-hydrogen) atoms. The number of aryl methyl sites for hydroxylation is 2. The zero-order valence-corrected chi connectivity index (χ0v) is 32.4. The average molecular weight is 715 g/mol. The van der Waals surface area contributed by atoms with E-state index in [1.807, 2.05) is 6.07 Å². The van der Waals surface area contributed by atoms with Crippen LogP contribution in [0, 0.1) is 6.07 Å². The molecule has 0 N–H and O–H groups in total. The van der Waals surface area contributed by atoms with Crippen molar-refractivity contribution in [2.75, 3.05) is 0 Å². The fourth-order valence-corrected chi connectivity index (χ4v) is 7.13. The van der Waals surface area contributed by atoms with E-state index in [4.69, 9.17) is 17.0 Å². The molecule has 5 aromatic rings. The van der Waals surface area contributed by atoms with Gasteiger partial charge in [0.2, 0.25) is 0 Å². The summed E-state index contributed by atoms with van der Waals surface area (Å²) in [4.78, 5) is 0. The Morgan fingerprint density at radius 1 is 0.795 bits per heavy atom. The summed E-state index contributed by atoms with van der Waals surface area (Å²) in [5, 5.41) is 5.63. The first kappa shape index (κ1) is 35.0. The quantitative estimate of drug-likeness (QED) is 0.126. The molecule has 0 amide bonds. The molecule has 0 saturated heterocycles.